The molecule has 1 fully saturated rings. The van der Waals surface area contributed by atoms with Gasteiger partial charge in [-0.25, -0.2) is 18.9 Å². The molecule has 0 radical (unpaired) electrons. The molecule has 14 heteroatoms. The third-order valence-corrected chi connectivity index (χ3v) is 10.8. The van der Waals surface area contributed by atoms with E-state index in [1.54, 1.807) is 78.7 Å². The fourth-order valence-corrected chi connectivity index (χ4v) is 8.45. The molecule has 256 valence electrons. The number of nitrogens with zero attached hydrogens (tertiary/aromatic N) is 4. The van der Waals surface area contributed by atoms with Gasteiger partial charge in [-0.05, 0) is 91.0 Å². The highest BCUT2D eigenvalue weighted by molar-refractivity contribution is 7.62. The smallest absolute Gasteiger partial charge is 0.419 e. The summed E-state index contributed by atoms with van der Waals surface area (Å²) in [4.78, 5) is 41.7. The van der Waals surface area contributed by atoms with Crippen LogP contribution in [0.25, 0.3) is 11.1 Å². The Kier molecular flexibility index (Phi) is 11.8. The van der Waals surface area contributed by atoms with Crippen molar-refractivity contribution in [3.8, 4) is 11.1 Å². The number of imide groups is 1. The minimum Gasteiger partial charge on any atom is -0.480 e. The van der Waals surface area contributed by atoms with E-state index >= 15 is 0 Å². The van der Waals surface area contributed by atoms with E-state index < -0.39 is 47.7 Å². The first-order chi connectivity index (χ1) is 21.3. The quantitative estimate of drug-likeness (QED) is 0.208. The minimum atomic E-state index is -3.70. The van der Waals surface area contributed by atoms with E-state index in [1.807, 2.05) is 4.90 Å². The fourth-order valence-electron chi connectivity index (χ4n) is 5.48. The fraction of sp³-hybridized carbons (Fsp3) is 0.625. The summed E-state index contributed by atoms with van der Waals surface area (Å²) in [5, 5.41) is 13.1. The second kappa shape index (κ2) is 14.6. The van der Waals surface area contributed by atoms with Crippen LogP contribution in [0, 0.1) is 5.82 Å². The number of carboxylic acids is 1. The van der Waals surface area contributed by atoms with Gasteiger partial charge in [0.1, 0.15) is 17.0 Å². The predicted molar refractivity (Wildman–Crippen MR) is 171 cm³/mol. The Morgan fingerprint density at radius 1 is 1.09 bits per heavy atom. The van der Waals surface area contributed by atoms with E-state index in [4.69, 9.17) is 14.0 Å². The van der Waals surface area contributed by atoms with Crippen LogP contribution in [0.4, 0.5) is 14.0 Å². The highest BCUT2D eigenvalue weighted by Gasteiger charge is 2.58. The van der Waals surface area contributed by atoms with Crippen molar-refractivity contribution >= 4 is 25.5 Å². The molecule has 1 N–H and O–H groups in total. The Bertz CT molecular complexity index is 1420. The van der Waals surface area contributed by atoms with Crippen molar-refractivity contribution < 1.29 is 42.4 Å². The van der Waals surface area contributed by atoms with Crippen LogP contribution in [0.5, 0.6) is 0 Å². The first-order valence-corrected chi connectivity index (χ1v) is 17.3. The molecule has 1 aromatic heterocycles. The molecule has 1 unspecified atom stereocenters. The summed E-state index contributed by atoms with van der Waals surface area (Å²) in [5.74, 6) is -1.65. The molecule has 0 spiro atoms. The van der Waals surface area contributed by atoms with Crippen LogP contribution in [0.3, 0.4) is 0 Å². The molecule has 12 nitrogen and oxygen atoms in total. The topological polar surface area (TPSA) is 140 Å². The van der Waals surface area contributed by atoms with Crippen LogP contribution in [-0.2, 0) is 36.9 Å². The van der Waals surface area contributed by atoms with Crippen molar-refractivity contribution in [3.05, 3.63) is 42.0 Å². The van der Waals surface area contributed by atoms with E-state index in [1.165, 1.54) is 12.1 Å². The van der Waals surface area contributed by atoms with Crippen molar-refractivity contribution in [3.63, 3.8) is 0 Å². The number of aryl methyl sites for hydroxylation is 1. The summed E-state index contributed by atoms with van der Waals surface area (Å²) in [6, 6.07) is 4.45. The lowest BCUT2D eigenvalue weighted by molar-refractivity contribution is -0.141. The van der Waals surface area contributed by atoms with Crippen LogP contribution in [0.15, 0.2) is 30.6 Å². The molecule has 2 aromatic rings. The molecule has 1 aliphatic rings. The van der Waals surface area contributed by atoms with Crippen molar-refractivity contribution in [1.29, 1.82) is 0 Å². The van der Waals surface area contributed by atoms with Gasteiger partial charge in [-0.3, -0.25) is 18.9 Å². The summed E-state index contributed by atoms with van der Waals surface area (Å²) >= 11 is 0. The van der Waals surface area contributed by atoms with Crippen molar-refractivity contribution in [2.75, 3.05) is 32.4 Å². The molecule has 1 aromatic carbocycles. The lowest BCUT2D eigenvalue weighted by Gasteiger charge is -2.45. The highest BCUT2D eigenvalue weighted by atomic mass is 31.2. The molecule has 0 aliphatic carbocycles. The number of ether oxygens (including phenoxy) is 2. The van der Waals surface area contributed by atoms with E-state index in [9.17, 15) is 28.4 Å². The number of halogens is 1. The Morgan fingerprint density at radius 2 is 1.72 bits per heavy atom. The van der Waals surface area contributed by atoms with Gasteiger partial charge in [-0.15, -0.1) is 0 Å². The third-order valence-electron chi connectivity index (χ3n) is 7.52. The summed E-state index contributed by atoms with van der Waals surface area (Å²) in [6.07, 6.45) is 2.10. The molecule has 2 amide bonds. The van der Waals surface area contributed by atoms with Crippen LogP contribution < -0.4 is 0 Å². The van der Waals surface area contributed by atoms with E-state index in [0.29, 0.717) is 12.1 Å². The standard InChI is InChI=1S/C32H48FN4O8P/c1-9-43-46(42)17-16-36(21-23-12-13-25(33)18-26(23)24-19-34-35(8)20-24)22-32(46,27(38)39)14-10-11-15-37(28(40)44-30(2,3)4)29(41)45-31(5,6)7/h12-13,18-20H,9-11,14-17,21-22H2,1-8H3,(H,38,39)/t32-,46?/m0/s1. The van der Waals surface area contributed by atoms with Crippen molar-refractivity contribution in [1.82, 2.24) is 19.6 Å². The number of aliphatic carboxylic acids is 1. The third kappa shape index (κ3) is 9.39. The lowest BCUT2D eigenvalue weighted by atomic mass is 9.98. The SMILES string of the molecule is CCOP1(=O)CCN(Cc2ccc(F)cc2-c2cnn(C)c2)C[C@@]1(CCCCN(C(=O)OC(C)(C)C)C(=O)OC(C)(C)C)C(=O)O. The average Bonchev–Trinajstić information content (AvgIpc) is 3.35. The first kappa shape index (κ1) is 37.2. The number of unbranched alkanes of at least 4 members (excludes halogenated alkanes) is 1. The van der Waals surface area contributed by atoms with Crippen molar-refractivity contribution in [2.45, 2.75) is 90.6 Å². The molecule has 0 bridgehead atoms. The largest absolute Gasteiger partial charge is 0.480 e. The van der Waals surface area contributed by atoms with Gasteiger partial charge in [-0.1, -0.05) is 6.07 Å². The van der Waals surface area contributed by atoms with Crippen LogP contribution in [0.2, 0.25) is 0 Å². The van der Waals surface area contributed by atoms with Gasteiger partial charge in [0, 0.05) is 51.1 Å². The predicted octanol–water partition coefficient (Wildman–Crippen LogP) is 6.52. The summed E-state index contributed by atoms with van der Waals surface area (Å²) in [6.45, 7) is 12.3. The lowest BCUT2D eigenvalue weighted by Crippen LogP contribution is -2.54. The number of aromatic nitrogens is 2. The average molecular weight is 667 g/mol. The second-order valence-corrected chi connectivity index (χ2v) is 16.5. The van der Waals surface area contributed by atoms with Crippen LogP contribution >= 0.6 is 7.37 Å². The summed E-state index contributed by atoms with van der Waals surface area (Å²) < 4.78 is 46.8. The molecular weight excluding hydrogens is 618 g/mol. The zero-order valence-corrected chi connectivity index (χ0v) is 29.1. The molecule has 1 saturated heterocycles. The van der Waals surface area contributed by atoms with Gasteiger partial charge in [-0.2, -0.15) is 5.10 Å². The Hall–Kier alpha value is -3.28. The van der Waals surface area contributed by atoms with Gasteiger partial charge in [0.2, 0.25) is 7.37 Å². The maximum atomic E-state index is 14.3. The number of carboxylic acid groups (broad SMARTS) is 1. The summed E-state index contributed by atoms with van der Waals surface area (Å²) in [7, 11) is -1.93. The van der Waals surface area contributed by atoms with E-state index in [0.717, 1.165) is 16.0 Å². The van der Waals surface area contributed by atoms with Gasteiger partial charge in [0.05, 0.1) is 12.8 Å². The van der Waals surface area contributed by atoms with Crippen LogP contribution in [-0.4, -0.2) is 91.6 Å². The van der Waals surface area contributed by atoms with Gasteiger partial charge in [0.25, 0.3) is 0 Å². The van der Waals surface area contributed by atoms with Crippen molar-refractivity contribution in [2.24, 2.45) is 7.05 Å². The van der Waals surface area contributed by atoms with Gasteiger partial charge in [0.15, 0.2) is 5.16 Å². The zero-order chi connectivity index (χ0) is 34.5. The van der Waals surface area contributed by atoms with Crippen LogP contribution in [0.1, 0.15) is 73.3 Å². The number of rotatable bonds is 11. The monoisotopic (exact) mass is 666 g/mol. The maximum Gasteiger partial charge on any atom is 0.419 e. The van der Waals surface area contributed by atoms with Gasteiger partial charge >= 0.3 is 18.2 Å². The Morgan fingerprint density at radius 3 is 2.24 bits per heavy atom. The second-order valence-electron chi connectivity index (χ2n) is 13.6. The van der Waals surface area contributed by atoms with E-state index in [-0.39, 0.29) is 51.7 Å². The normalized spacial score (nSPS) is 20.7. The molecule has 0 saturated carbocycles. The number of hydrogen-bond acceptors (Lipinski definition) is 9. The first-order valence-electron chi connectivity index (χ1n) is 15.5. The highest BCUT2D eigenvalue weighted by Crippen LogP contribution is 2.63. The zero-order valence-electron chi connectivity index (χ0n) is 28.2. The minimum absolute atomic E-state index is 0.0224. The molecule has 2 atom stereocenters. The van der Waals surface area contributed by atoms with E-state index in [2.05, 4.69) is 5.10 Å². The number of carbonyl (C=O) groups is 3. The number of benzene rings is 1. The summed E-state index contributed by atoms with van der Waals surface area (Å²) in [5.41, 5.74) is 0.408. The Labute approximate surface area is 270 Å². The molecular formula is C32H48FN4O8P. The van der Waals surface area contributed by atoms with Gasteiger partial charge < -0.3 is 19.1 Å². The molecule has 3 rings (SSSR count). The molecule has 1 aliphatic heterocycles. The number of hydrogen-bond donors (Lipinski definition) is 1. The number of amides is 2. The number of carbonyl (C=O) groups excluding carboxylic acids is 2. The molecule has 46 heavy (non-hydrogen) atoms. The Balaban J connectivity index is 1.84. The molecule has 2 heterocycles. The maximum absolute atomic E-state index is 14.3.